The number of nitrogens with zero attached hydrogens (tertiary/aromatic N) is 2. The van der Waals surface area contributed by atoms with Gasteiger partial charge in [0.15, 0.2) is 0 Å². The van der Waals surface area contributed by atoms with Crippen LogP contribution in [0.25, 0.3) is 0 Å². The van der Waals surface area contributed by atoms with E-state index in [9.17, 15) is 9.32 Å². The van der Waals surface area contributed by atoms with Crippen molar-refractivity contribution in [3.63, 3.8) is 0 Å². The van der Waals surface area contributed by atoms with Crippen LogP contribution in [0.2, 0.25) is 0 Å². The lowest BCUT2D eigenvalue weighted by Crippen LogP contribution is -2.26. The van der Waals surface area contributed by atoms with Crippen LogP contribution in [0.15, 0.2) is 39.8 Å². The number of aliphatic hydroxyl groups is 1. The van der Waals surface area contributed by atoms with Crippen LogP contribution in [0, 0.1) is 4.78 Å². The van der Waals surface area contributed by atoms with Crippen molar-refractivity contribution in [2.24, 2.45) is 0 Å². The first kappa shape index (κ1) is 19.6. The maximum Gasteiger partial charge on any atom is 0.233 e. The molecular weight excluding hydrogens is 408 g/mol. The number of aromatic nitrogens is 2. The Hall–Kier alpha value is -1.71. The number of ether oxygens (including phenoxy) is 1. The van der Waals surface area contributed by atoms with Gasteiger partial charge >= 0.3 is 0 Å². The summed E-state index contributed by atoms with van der Waals surface area (Å²) < 4.78 is 26.0. The van der Waals surface area contributed by atoms with Crippen LogP contribution in [0.1, 0.15) is 20.8 Å². The van der Waals surface area contributed by atoms with Gasteiger partial charge in [0.25, 0.3) is 0 Å². The third-order valence-electron chi connectivity index (χ3n) is 3.59. The summed E-state index contributed by atoms with van der Waals surface area (Å²) in [5.74, 6) is 0.922. The van der Waals surface area contributed by atoms with Gasteiger partial charge in [-0.3, -0.25) is 0 Å². The Kier molecular flexibility index (Phi) is 6.36. The lowest BCUT2D eigenvalue weighted by atomic mass is 10.3. The molecule has 1 aromatic heterocycles. The van der Waals surface area contributed by atoms with Crippen LogP contribution in [0.5, 0.6) is 5.88 Å². The van der Waals surface area contributed by atoms with E-state index in [1.54, 1.807) is 51.2 Å². The fraction of sp³-hybridized carbons (Fsp3) is 0.375. The molecule has 1 unspecified atom stereocenters. The average molecular weight is 429 g/mol. The van der Waals surface area contributed by atoms with Gasteiger partial charge in [0.1, 0.15) is 6.10 Å². The van der Waals surface area contributed by atoms with Gasteiger partial charge in [-0.05, 0) is 54.0 Å². The third-order valence-corrected chi connectivity index (χ3v) is 5.98. The predicted molar refractivity (Wildman–Crippen MR) is 101 cm³/mol. The van der Waals surface area contributed by atoms with Crippen LogP contribution in [-0.4, -0.2) is 37.2 Å². The molecule has 25 heavy (non-hydrogen) atoms. The topological polar surface area (TPSA) is 108 Å². The molecule has 0 spiro atoms. The Balaban J connectivity index is 2.18. The summed E-state index contributed by atoms with van der Waals surface area (Å²) in [7, 11) is -2.73. The minimum Gasteiger partial charge on any atom is -0.471 e. The molecule has 1 aromatic carbocycles. The summed E-state index contributed by atoms with van der Waals surface area (Å²) in [5, 5.41) is 12.6. The summed E-state index contributed by atoms with van der Waals surface area (Å²) in [6.07, 6.45) is 0.503. The molecule has 2 rings (SSSR count). The summed E-state index contributed by atoms with van der Waals surface area (Å²) in [6.45, 7) is 5.12. The van der Waals surface area contributed by atoms with E-state index < -0.39 is 21.9 Å². The van der Waals surface area contributed by atoms with E-state index in [2.05, 4.69) is 31.2 Å². The molecule has 0 aliphatic rings. The van der Waals surface area contributed by atoms with Crippen LogP contribution < -0.4 is 10.1 Å². The second-order valence-corrected chi connectivity index (χ2v) is 8.78. The zero-order chi connectivity index (χ0) is 18.6. The number of aliphatic hydroxyl groups excluding tert-OH is 1. The molecule has 0 radical (unpaired) electrons. The number of hydrogen-bond donors (Lipinski definition) is 3. The molecule has 0 aliphatic carbocycles. The number of nitrogens with one attached hydrogen (secondary N) is 2. The molecule has 1 heterocycles. The van der Waals surface area contributed by atoms with Gasteiger partial charge in [-0.15, -0.1) is 0 Å². The summed E-state index contributed by atoms with van der Waals surface area (Å²) in [5.41, 5.74) is 0.701. The molecule has 0 bridgehead atoms. The fourth-order valence-corrected chi connectivity index (χ4v) is 3.02. The standard InChI is InChI=1S/C16H21BrN4O3S/c1-4-25(18,23)13-7-5-12(6-8-13)20-16-19-9-14(17)15(21-16)24-11(3)10(2)22/h5-11,18,22H,4H2,1-3H3,(H,19,20,21)/t10-,11-,25?/m1/s1. The van der Waals surface area contributed by atoms with Crippen LogP contribution in [0.3, 0.4) is 0 Å². The van der Waals surface area contributed by atoms with Crippen molar-refractivity contribution < 1.29 is 14.1 Å². The molecule has 0 amide bonds. The van der Waals surface area contributed by atoms with Gasteiger partial charge in [-0.2, -0.15) is 4.98 Å². The summed E-state index contributed by atoms with van der Waals surface area (Å²) >= 11 is 3.32. The van der Waals surface area contributed by atoms with Crippen molar-refractivity contribution in [2.75, 3.05) is 11.1 Å². The largest absolute Gasteiger partial charge is 0.471 e. The van der Waals surface area contributed by atoms with E-state index >= 15 is 0 Å². The Labute approximate surface area is 156 Å². The van der Waals surface area contributed by atoms with Crippen LogP contribution in [-0.2, 0) is 9.73 Å². The molecule has 9 heteroatoms. The monoisotopic (exact) mass is 428 g/mol. The van der Waals surface area contributed by atoms with E-state index in [-0.39, 0.29) is 5.75 Å². The molecule has 0 aliphatic heterocycles. The van der Waals surface area contributed by atoms with Gasteiger partial charge in [0.05, 0.1) is 26.5 Å². The highest BCUT2D eigenvalue weighted by Crippen LogP contribution is 2.25. The van der Waals surface area contributed by atoms with Crippen molar-refractivity contribution in [1.82, 2.24) is 9.97 Å². The minimum absolute atomic E-state index is 0.276. The number of benzene rings is 1. The Morgan fingerprint density at radius 2 is 2.00 bits per heavy atom. The molecule has 0 saturated carbocycles. The van der Waals surface area contributed by atoms with Crippen molar-refractivity contribution in [2.45, 2.75) is 37.9 Å². The van der Waals surface area contributed by atoms with Gasteiger partial charge in [0.2, 0.25) is 11.8 Å². The molecular formula is C16H21BrN4O3S. The van der Waals surface area contributed by atoms with Crippen LogP contribution in [0.4, 0.5) is 11.6 Å². The van der Waals surface area contributed by atoms with Crippen molar-refractivity contribution in [1.29, 1.82) is 4.78 Å². The first-order valence-electron chi connectivity index (χ1n) is 7.73. The number of hydrogen-bond acceptors (Lipinski definition) is 7. The summed E-state index contributed by atoms with van der Waals surface area (Å²) in [6, 6.07) is 6.77. The van der Waals surface area contributed by atoms with E-state index in [1.807, 2.05) is 0 Å². The highest BCUT2D eigenvalue weighted by Gasteiger charge is 2.15. The van der Waals surface area contributed by atoms with Gasteiger partial charge in [0, 0.05) is 16.3 Å². The zero-order valence-corrected chi connectivity index (χ0v) is 16.6. The Morgan fingerprint density at radius 3 is 2.56 bits per heavy atom. The normalized spacial score (nSPS) is 15.9. The van der Waals surface area contributed by atoms with Gasteiger partial charge < -0.3 is 15.2 Å². The third kappa shape index (κ3) is 5.13. The molecule has 0 saturated heterocycles. The average Bonchev–Trinajstić information content (AvgIpc) is 2.58. The molecule has 3 N–H and O–H groups in total. The SMILES string of the molecule is CCS(=N)(=O)c1ccc(Nc2ncc(Br)c(O[C@H](C)[C@@H](C)O)n2)cc1. The minimum atomic E-state index is -2.73. The molecule has 0 fully saturated rings. The van der Waals surface area contributed by atoms with Crippen molar-refractivity contribution in [3.05, 3.63) is 34.9 Å². The predicted octanol–water partition coefficient (Wildman–Crippen LogP) is 3.56. The zero-order valence-electron chi connectivity index (χ0n) is 14.2. The van der Waals surface area contributed by atoms with E-state index in [4.69, 9.17) is 9.52 Å². The number of halogens is 1. The number of anilines is 2. The first-order valence-corrected chi connectivity index (χ1v) is 10.3. The maximum atomic E-state index is 12.0. The molecule has 7 nitrogen and oxygen atoms in total. The van der Waals surface area contributed by atoms with Crippen molar-refractivity contribution in [3.8, 4) is 5.88 Å². The van der Waals surface area contributed by atoms with E-state index in [0.717, 1.165) is 0 Å². The second-order valence-electron chi connectivity index (χ2n) is 5.52. The van der Waals surface area contributed by atoms with E-state index in [0.29, 0.717) is 26.9 Å². The van der Waals surface area contributed by atoms with Crippen molar-refractivity contribution >= 4 is 37.3 Å². The smallest absolute Gasteiger partial charge is 0.233 e. The molecule has 3 atom stereocenters. The Bertz CT molecular complexity index is 826. The fourth-order valence-electron chi connectivity index (χ4n) is 1.82. The second kappa shape index (κ2) is 8.11. The first-order chi connectivity index (χ1) is 11.7. The Morgan fingerprint density at radius 1 is 1.36 bits per heavy atom. The lowest BCUT2D eigenvalue weighted by molar-refractivity contribution is 0.0569. The maximum absolute atomic E-state index is 12.0. The van der Waals surface area contributed by atoms with Gasteiger partial charge in [-0.1, -0.05) is 6.92 Å². The summed E-state index contributed by atoms with van der Waals surface area (Å²) in [4.78, 5) is 8.94. The molecule has 136 valence electrons. The van der Waals surface area contributed by atoms with Crippen LogP contribution >= 0.6 is 15.9 Å². The lowest BCUT2D eigenvalue weighted by Gasteiger charge is -2.17. The highest BCUT2D eigenvalue weighted by atomic mass is 79.9. The number of rotatable bonds is 7. The van der Waals surface area contributed by atoms with Gasteiger partial charge in [-0.25, -0.2) is 14.0 Å². The van der Waals surface area contributed by atoms with E-state index in [1.165, 1.54) is 0 Å². The molecule has 2 aromatic rings. The highest BCUT2D eigenvalue weighted by molar-refractivity contribution is 9.10. The quantitative estimate of drug-likeness (QED) is 0.621.